The average molecular weight is 828 g/mol. The number of nitrogens with zero attached hydrogens (tertiary/aromatic N) is 3. The SMILES string of the molecule is CCO[C@@]1(CN2CCN(C(COC)COC)CC2)/C=C\C[C@H](C)[C@@H](C)S(=O)(=O)NC(=O)c2ccc3c(c2)N(C[C@@H]2CC[C@H]21)C[C@@]1(CCCc2cc(Cl)ccc21)CO3. The fourth-order valence-corrected chi connectivity index (χ4v) is 11.8. The van der Waals surface area contributed by atoms with Gasteiger partial charge < -0.3 is 23.8 Å². The van der Waals surface area contributed by atoms with E-state index in [0.29, 0.717) is 56.6 Å². The van der Waals surface area contributed by atoms with Crippen LogP contribution in [-0.4, -0.2) is 127 Å². The van der Waals surface area contributed by atoms with Crippen LogP contribution in [0.1, 0.15) is 74.4 Å². The molecule has 2 aromatic rings. The molecule has 13 heteroatoms. The Morgan fingerprint density at radius 3 is 2.51 bits per heavy atom. The molecule has 2 bridgehead atoms. The standard InChI is InChI=1S/C44H63ClN4O7S/c1-6-56-44(29-47-19-21-48(22-20-47)37(26-53-4)27-54-5)18-7-9-31(2)32(3)57(51,52)46-42(50)34-12-16-41-40(24-34)49(25-35-11-14-39(35)44)28-43(30-55-41)17-8-10-33-23-36(45)13-15-38(33)43/h7,12-13,15-16,18,23-24,31-32,35,37,39H,6,8-11,14,17,19-22,25-30H2,1-5H3,(H,46,50)/b18-7-/t31-,32+,35-,39+,43-,44+/m0/s1. The first-order valence-corrected chi connectivity index (χ1v) is 23.0. The molecule has 7 rings (SSSR count). The van der Waals surface area contributed by atoms with Crippen molar-refractivity contribution in [2.45, 2.75) is 81.6 Å². The number of carbonyl (C=O) groups is 1. The Morgan fingerprint density at radius 2 is 1.81 bits per heavy atom. The summed E-state index contributed by atoms with van der Waals surface area (Å²) < 4.78 is 54.7. The van der Waals surface area contributed by atoms with Crippen LogP contribution in [0.25, 0.3) is 0 Å². The minimum Gasteiger partial charge on any atom is -0.490 e. The van der Waals surface area contributed by atoms with Crippen molar-refractivity contribution in [1.82, 2.24) is 14.5 Å². The van der Waals surface area contributed by atoms with Crippen LogP contribution in [0.5, 0.6) is 5.75 Å². The van der Waals surface area contributed by atoms with E-state index in [2.05, 4.69) is 50.6 Å². The van der Waals surface area contributed by atoms with Crippen molar-refractivity contribution in [2.75, 3.05) is 91.4 Å². The number of anilines is 1. The Morgan fingerprint density at radius 1 is 1.04 bits per heavy atom. The number of aryl methyl sites for hydroxylation is 1. The fraction of sp³-hybridized carbons (Fsp3) is 0.659. The third kappa shape index (κ3) is 8.93. The summed E-state index contributed by atoms with van der Waals surface area (Å²) in [6.07, 6.45) is 10.0. The number of hydrogen-bond acceptors (Lipinski definition) is 10. The molecule has 1 N–H and O–H groups in total. The fourth-order valence-electron chi connectivity index (χ4n) is 10.3. The van der Waals surface area contributed by atoms with Gasteiger partial charge >= 0.3 is 0 Å². The monoisotopic (exact) mass is 826 g/mol. The molecule has 3 heterocycles. The second kappa shape index (κ2) is 17.9. The molecule has 3 aliphatic heterocycles. The second-order valence-corrected chi connectivity index (χ2v) is 19.8. The molecule has 1 saturated heterocycles. The van der Waals surface area contributed by atoms with Crippen LogP contribution in [0.15, 0.2) is 48.6 Å². The van der Waals surface area contributed by atoms with Crippen molar-refractivity contribution >= 4 is 33.2 Å². The Labute approximate surface area is 345 Å². The number of methoxy groups -OCH3 is 2. The number of nitrogens with one attached hydrogen (secondary N) is 1. The normalized spacial score (nSPS) is 31.4. The molecule has 0 radical (unpaired) electrons. The lowest BCUT2D eigenvalue weighted by Crippen LogP contribution is -2.60. The molecule has 6 atom stereocenters. The van der Waals surface area contributed by atoms with Crippen LogP contribution in [0.2, 0.25) is 5.02 Å². The molecule has 2 aliphatic carbocycles. The summed E-state index contributed by atoms with van der Waals surface area (Å²) >= 11 is 6.53. The van der Waals surface area contributed by atoms with Gasteiger partial charge in [-0.1, -0.05) is 36.7 Å². The van der Waals surface area contributed by atoms with E-state index in [-0.39, 0.29) is 23.3 Å². The van der Waals surface area contributed by atoms with Gasteiger partial charge in [-0.15, -0.1) is 0 Å². The Balaban J connectivity index is 1.26. The van der Waals surface area contributed by atoms with Gasteiger partial charge in [-0.25, -0.2) is 13.1 Å². The molecule has 1 spiro atoms. The summed E-state index contributed by atoms with van der Waals surface area (Å²) in [5.41, 5.74) is 2.82. The minimum absolute atomic E-state index is 0.212. The maximum Gasteiger partial charge on any atom is 0.264 e. The zero-order chi connectivity index (χ0) is 40.4. The van der Waals surface area contributed by atoms with Gasteiger partial charge in [0.25, 0.3) is 5.91 Å². The summed E-state index contributed by atoms with van der Waals surface area (Å²) in [7, 11) is -0.487. The highest BCUT2D eigenvalue weighted by atomic mass is 35.5. The molecule has 2 aromatic carbocycles. The van der Waals surface area contributed by atoms with Gasteiger partial charge in [0.15, 0.2) is 0 Å². The maximum atomic E-state index is 13.7. The Kier molecular flexibility index (Phi) is 13.3. The van der Waals surface area contributed by atoms with Crippen LogP contribution in [0.4, 0.5) is 5.69 Å². The van der Waals surface area contributed by atoms with E-state index in [1.807, 2.05) is 25.1 Å². The van der Waals surface area contributed by atoms with Crippen molar-refractivity contribution in [3.8, 4) is 5.75 Å². The lowest BCUT2D eigenvalue weighted by Gasteiger charge is -2.53. The van der Waals surface area contributed by atoms with Crippen molar-refractivity contribution < 1.29 is 32.2 Å². The van der Waals surface area contributed by atoms with Crippen LogP contribution in [0, 0.1) is 17.8 Å². The van der Waals surface area contributed by atoms with Crippen molar-refractivity contribution in [2.24, 2.45) is 17.8 Å². The molecule has 0 unspecified atom stereocenters. The number of rotatable bonds is 9. The lowest BCUT2D eigenvalue weighted by atomic mass is 9.63. The zero-order valence-electron chi connectivity index (χ0n) is 34.5. The van der Waals surface area contributed by atoms with Gasteiger partial charge in [0.05, 0.1) is 36.8 Å². The highest BCUT2D eigenvalue weighted by Crippen LogP contribution is 2.49. The van der Waals surface area contributed by atoms with Crippen molar-refractivity contribution in [1.29, 1.82) is 0 Å². The van der Waals surface area contributed by atoms with Crippen LogP contribution in [-0.2, 0) is 36.1 Å². The molecule has 1 saturated carbocycles. The number of sulfonamides is 1. The number of amides is 1. The number of piperazine rings is 1. The number of benzene rings is 2. The quantitative estimate of drug-likeness (QED) is 0.306. The largest absolute Gasteiger partial charge is 0.490 e. The molecule has 57 heavy (non-hydrogen) atoms. The number of carbonyl (C=O) groups excluding carboxylic acids is 1. The van der Waals surface area contributed by atoms with E-state index < -0.39 is 26.8 Å². The van der Waals surface area contributed by atoms with E-state index in [4.69, 9.17) is 30.5 Å². The molecular formula is C44H63ClN4O7S. The second-order valence-electron chi connectivity index (χ2n) is 17.3. The van der Waals surface area contributed by atoms with E-state index in [0.717, 1.165) is 82.1 Å². The summed E-state index contributed by atoms with van der Waals surface area (Å²) in [6.45, 7) is 13.9. The smallest absolute Gasteiger partial charge is 0.264 e. The van der Waals surface area contributed by atoms with E-state index >= 15 is 0 Å². The topological polar surface area (TPSA) is 110 Å². The van der Waals surface area contributed by atoms with Crippen molar-refractivity contribution in [3.05, 3.63) is 70.3 Å². The predicted molar refractivity (Wildman–Crippen MR) is 225 cm³/mol. The van der Waals surface area contributed by atoms with Gasteiger partial charge in [0.1, 0.15) is 11.4 Å². The molecular weight excluding hydrogens is 764 g/mol. The molecule has 5 aliphatic rings. The summed E-state index contributed by atoms with van der Waals surface area (Å²) in [4.78, 5) is 21.2. The predicted octanol–water partition coefficient (Wildman–Crippen LogP) is 5.94. The maximum absolute atomic E-state index is 13.7. The number of fused-ring (bicyclic) bond motifs is 4. The summed E-state index contributed by atoms with van der Waals surface area (Å²) in [6, 6.07) is 11.9. The third-order valence-corrected chi connectivity index (χ3v) is 15.9. The summed E-state index contributed by atoms with van der Waals surface area (Å²) in [5.74, 6) is 0.398. The highest BCUT2D eigenvalue weighted by Gasteiger charge is 2.50. The Bertz CT molecular complexity index is 1870. The van der Waals surface area contributed by atoms with Gasteiger partial charge in [-0.05, 0) is 112 Å². The first-order chi connectivity index (χ1) is 27.4. The first-order valence-electron chi connectivity index (χ1n) is 21.0. The van der Waals surface area contributed by atoms with E-state index in [9.17, 15) is 13.2 Å². The molecule has 314 valence electrons. The molecule has 2 fully saturated rings. The number of hydrogen-bond donors (Lipinski definition) is 1. The van der Waals surface area contributed by atoms with Gasteiger partial charge in [0.2, 0.25) is 10.0 Å². The molecule has 1 amide bonds. The van der Waals surface area contributed by atoms with E-state index in [1.165, 1.54) is 11.1 Å². The number of allylic oxidation sites excluding steroid dienone is 1. The van der Waals surface area contributed by atoms with Crippen LogP contribution in [0.3, 0.4) is 0 Å². The number of halogens is 1. The zero-order valence-corrected chi connectivity index (χ0v) is 36.1. The highest BCUT2D eigenvalue weighted by molar-refractivity contribution is 7.90. The van der Waals surface area contributed by atoms with Crippen LogP contribution < -0.4 is 14.4 Å². The van der Waals surface area contributed by atoms with Gasteiger partial charge in [-0.3, -0.25) is 14.6 Å². The average Bonchev–Trinajstić information content (AvgIpc) is 3.32. The molecule has 0 aromatic heterocycles. The number of ether oxygens (including phenoxy) is 4. The minimum atomic E-state index is -3.98. The van der Waals surface area contributed by atoms with E-state index in [1.54, 1.807) is 27.2 Å². The van der Waals surface area contributed by atoms with Gasteiger partial charge in [0, 0.05) is 82.6 Å². The Hall–Kier alpha value is -2.71. The third-order valence-electron chi connectivity index (χ3n) is 13.8. The van der Waals surface area contributed by atoms with Gasteiger partial charge in [-0.2, -0.15) is 0 Å². The van der Waals surface area contributed by atoms with Crippen LogP contribution >= 0.6 is 11.6 Å². The lowest BCUT2D eigenvalue weighted by molar-refractivity contribution is -0.114. The van der Waals surface area contributed by atoms with Crippen molar-refractivity contribution in [3.63, 3.8) is 0 Å². The molecule has 11 nitrogen and oxygen atoms in total. The first kappa shape index (κ1) is 42.4. The summed E-state index contributed by atoms with van der Waals surface area (Å²) in [5, 5.41) is -0.0515.